The highest BCUT2D eigenvalue weighted by atomic mass is 32.3. The third-order valence-corrected chi connectivity index (χ3v) is 9.27. The van der Waals surface area contributed by atoms with Gasteiger partial charge >= 0.3 is 10.4 Å². The van der Waals surface area contributed by atoms with Crippen molar-refractivity contribution in [1.82, 2.24) is 5.32 Å². The van der Waals surface area contributed by atoms with Crippen molar-refractivity contribution in [1.29, 1.82) is 0 Å². The van der Waals surface area contributed by atoms with Crippen molar-refractivity contribution in [3.05, 3.63) is 36.5 Å². The molecule has 0 bridgehead atoms. The van der Waals surface area contributed by atoms with Crippen LogP contribution in [0.1, 0.15) is 129 Å². The Kier molecular flexibility index (Phi) is 26.7. The molecule has 0 spiro atoms. The standard InChI is InChI=1S/C37H67NO12S/c1-3-5-7-9-11-13-14-15-16-17-18-20-22-24-26-31(41)36(44)38-29(30(40)25-23-21-19-12-10-8-6-4-2)28-48-37-34(43)35(50-51(45,46)47)33(42)32(27-39)49-37/h11,13-15,23,25,29-35,37,39-43H,3-10,12,16-22,24,26-28H2,1-2H3,(H,38,44)(H,45,46,47)/b13-11-,15-14-,25-23+. The molecule has 1 aliphatic rings. The summed E-state index contributed by atoms with van der Waals surface area (Å²) < 4.78 is 47.1. The van der Waals surface area contributed by atoms with Gasteiger partial charge in [0.1, 0.15) is 30.5 Å². The van der Waals surface area contributed by atoms with Gasteiger partial charge in [-0.05, 0) is 44.9 Å². The van der Waals surface area contributed by atoms with Gasteiger partial charge in [0.05, 0.1) is 25.4 Å². The quantitative estimate of drug-likeness (QED) is 0.0233. The fourth-order valence-electron chi connectivity index (χ4n) is 5.68. The van der Waals surface area contributed by atoms with Crippen LogP contribution < -0.4 is 5.32 Å². The lowest BCUT2D eigenvalue weighted by Gasteiger charge is -2.41. The van der Waals surface area contributed by atoms with Crippen LogP contribution in [-0.2, 0) is 28.9 Å². The van der Waals surface area contributed by atoms with E-state index in [4.69, 9.17) is 14.0 Å². The van der Waals surface area contributed by atoms with Gasteiger partial charge in [0.15, 0.2) is 6.29 Å². The average molecular weight is 750 g/mol. The predicted molar refractivity (Wildman–Crippen MR) is 196 cm³/mol. The highest BCUT2D eigenvalue weighted by molar-refractivity contribution is 7.80. The van der Waals surface area contributed by atoms with Gasteiger partial charge < -0.3 is 40.3 Å². The molecule has 8 unspecified atom stereocenters. The van der Waals surface area contributed by atoms with Gasteiger partial charge in [0.2, 0.25) is 5.91 Å². The predicted octanol–water partition coefficient (Wildman–Crippen LogP) is 4.57. The summed E-state index contributed by atoms with van der Waals surface area (Å²) in [4.78, 5) is 13.0. The highest BCUT2D eigenvalue weighted by Gasteiger charge is 2.48. The summed E-state index contributed by atoms with van der Waals surface area (Å²) in [6.07, 6.45) is 18.4. The Labute approximate surface area is 306 Å². The Morgan fingerprint density at radius 3 is 1.92 bits per heavy atom. The minimum Gasteiger partial charge on any atom is -0.394 e. The van der Waals surface area contributed by atoms with E-state index in [0.717, 1.165) is 64.2 Å². The monoisotopic (exact) mass is 749 g/mol. The van der Waals surface area contributed by atoms with Crippen molar-refractivity contribution in [3.63, 3.8) is 0 Å². The number of nitrogens with one attached hydrogen (secondary N) is 1. The number of ether oxygens (including phenoxy) is 2. The summed E-state index contributed by atoms with van der Waals surface area (Å²) in [6.45, 7) is 3.07. The molecule has 0 radical (unpaired) electrons. The van der Waals surface area contributed by atoms with Crippen molar-refractivity contribution in [3.8, 4) is 0 Å². The van der Waals surface area contributed by atoms with Gasteiger partial charge in [0, 0.05) is 0 Å². The molecule has 0 aromatic rings. The van der Waals surface area contributed by atoms with E-state index >= 15 is 0 Å². The van der Waals surface area contributed by atoms with E-state index in [1.165, 1.54) is 38.2 Å². The number of carbonyl (C=O) groups is 1. The van der Waals surface area contributed by atoms with Gasteiger partial charge in [0.25, 0.3) is 0 Å². The molecule has 8 atom stereocenters. The average Bonchev–Trinajstić information content (AvgIpc) is 3.09. The lowest BCUT2D eigenvalue weighted by atomic mass is 9.99. The Hall–Kier alpha value is -1.72. The molecule has 1 aliphatic heterocycles. The van der Waals surface area contributed by atoms with Crippen molar-refractivity contribution < 1.29 is 57.0 Å². The number of amides is 1. The topological polar surface area (TPSA) is 212 Å². The number of carbonyl (C=O) groups excluding carboxylic acids is 1. The molecule has 0 aliphatic carbocycles. The second-order valence-corrected chi connectivity index (χ2v) is 14.4. The van der Waals surface area contributed by atoms with Crippen molar-refractivity contribution in [2.75, 3.05) is 13.2 Å². The minimum absolute atomic E-state index is 0.223. The maximum Gasteiger partial charge on any atom is 0.397 e. The van der Waals surface area contributed by atoms with Crippen molar-refractivity contribution >= 4 is 16.3 Å². The summed E-state index contributed by atoms with van der Waals surface area (Å²) in [7, 11) is -5.11. The van der Waals surface area contributed by atoms with Crippen LogP contribution in [0.15, 0.2) is 36.5 Å². The van der Waals surface area contributed by atoms with Crippen LogP contribution in [0.3, 0.4) is 0 Å². The van der Waals surface area contributed by atoms with E-state index in [-0.39, 0.29) is 6.42 Å². The molecular formula is C37H67NO12S. The molecule has 1 rings (SSSR count). The highest BCUT2D eigenvalue weighted by Crippen LogP contribution is 2.26. The van der Waals surface area contributed by atoms with E-state index in [1.54, 1.807) is 6.08 Å². The first-order chi connectivity index (χ1) is 24.4. The molecule has 51 heavy (non-hydrogen) atoms. The largest absolute Gasteiger partial charge is 0.397 e. The summed E-state index contributed by atoms with van der Waals surface area (Å²) in [5.41, 5.74) is 0. The summed E-state index contributed by atoms with van der Waals surface area (Å²) in [5.74, 6) is -0.721. The van der Waals surface area contributed by atoms with E-state index in [1.807, 2.05) is 0 Å². The lowest BCUT2D eigenvalue weighted by molar-refractivity contribution is -0.298. The van der Waals surface area contributed by atoms with Gasteiger partial charge in [-0.2, -0.15) is 8.42 Å². The smallest absolute Gasteiger partial charge is 0.394 e. The zero-order valence-electron chi connectivity index (χ0n) is 30.8. The fourth-order valence-corrected chi connectivity index (χ4v) is 6.19. The third kappa shape index (κ3) is 22.2. The van der Waals surface area contributed by atoms with Crippen LogP contribution in [-0.4, -0.2) is 107 Å². The Morgan fingerprint density at radius 1 is 0.804 bits per heavy atom. The molecule has 7 N–H and O–H groups in total. The Bertz CT molecular complexity index is 1090. The van der Waals surface area contributed by atoms with E-state index in [0.29, 0.717) is 12.8 Å². The summed E-state index contributed by atoms with van der Waals surface area (Å²) in [6, 6.07) is -1.12. The van der Waals surface area contributed by atoms with Crippen LogP contribution >= 0.6 is 0 Å². The number of hydrogen-bond acceptors (Lipinski definition) is 11. The number of aliphatic hydroxyl groups is 5. The van der Waals surface area contributed by atoms with Crippen LogP contribution in [0, 0.1) is 0 Å². The summed E-state index contributed by atoms with van der Waals surface area (Å²) >= 11 is 0. The molecule has 14 heteroatoms. The van der Waals surface area contributed by atoms with E-state index in [9.17, 15) is 38.7 Å². The summed E-state index contributed by atoms with van der Waals surface area (Å²) in [5, 5.41) is 54.7. The van der Waals surface area contributed by atoms with E-state index in [2.05, 4.69) is 47.7 Å². The first kappa shape index (κ1) is 47.3. The van der Waals surface area contributed by atoms with Crippen LogP contribution in [0.5, 0.6) is 0 Å². The number of unbranched alkanes of at least 4 members (excludes halogenated alkanes) is 14. The van der Waals surface area contributed by atoms with Crippen molar-refractivity contribution in [2.45, 2.75) is 178 Å². The minimum atomic E-state index is -5.11. The second-order valence-electron chi connectivity index (χ2n) is 13.3. The van der Waals surface area contributed by atoms with Gasteiger partial charge in [-0.25, -0.2) is 4.18 Å². The second kappa shape index (κ2) is 28.7. The maximum absolute atomic E-state index is 13.0. The van der Waals surface area contributed by atoms with Gasteiger partial charge in [-0.3, -0.25) is 9.35 Å². The maximum atomic E-state index is 13.0. The zero-order valence-corrected chi connectivity index (χ0v) is 31.6. The number of allylic oxidation sites excluding steroid dienone is 5. The molecule has 298 valence electrons. The zero-order chi connectivity index (χ0) is 37.9. The normalized spacial score (nSPS) is 23.3. The Balaban J connectivity index is 2.69. The molecule has 1 fully saturated rings. The molecule has 1 saturated heterocycles. The molecule has 0 saturated carbocycles. The van der Waals surface area contributed by atoms with Crippen molar-refractivity contribution in [2.24, 2.45) is 0 Å². The lowest BCUT2D eigenvalue weighted by Crippen LogP contribution is -2.61. The number of aliphatic hydroxyl groups excluding tert-OH is 5. The Morgan fingerprint density at radius 2 is 1.33 bits per heavy atom. The molecular weight excluding hydrogens is 682 g/mol. The van der Waals surface area contributed by atoms with Gasteiger partial charge in [-0.15, -0.1) is 0 Å². The SMILES string of the molecule is CCCCC/C=C\C=C/CCCCCCCC(O)C(=O)NC(COC1OC(CO)C(O)C(OS(=O)(=O)O)C1O)C(O)/C=C/CCCCCCCC. The first-order valence-corrected chi connectivity index (χ1v) is 20.4. The molecule has 0 aromatic heterocycles. The van der Waals surface area contributed by atoms with Crippen LogP contribution in [0.2, 0.25) is 0 Å². The van der Waals surface area contributed by atoms with Crippen LogP contribution in [0.25, 0.3) is 0 Å². The molecule has 1 amide bonds. The first-order valence-electron chi connectivity index (χ1n) is 19.0. The van der Waals surface area contributed by atoms with Gasteiger partial charge in [-0.1, -0.05) is 121 Å². The number of hydrogen-bond donors (Lipinski definition) is 7. The fraction of sp³-hybridized carbons (Fsp3) is 0.811. The number of rotatable bonds is 30. The third-order valence-electron chi connectivity index (χ3n) is 8.80. The van der Waals surface area contributed by atoms with E-state index < -0.39 is 78.5 Å². The van der Waals surface area contributed by atoms with Crippen LogP contribution in [0.4, 0.5) is 0 Å². The molecule has 0 aromatic carbocycles. The molecule has 13 nitrogen and oxygen atoms in total. The molecule has 1 heterocycles.